The van der Waals surface area contributed by atoms with Crippen molar-refractivity contribution < 1.29 is 9.90 Å². The Bertz CT molecular complexity index is 97.9. The number of hydrogen-bond acceptors (Lipinski definition) is 1. The van der Waals surface area contributed by atoms with E-state index in [1.807, 2.05) is 0 Å². The van der Waals surface area contributed by atoms with Crippen LogP contribution in [0.2, 0.25) is 0 Å². The van der Waals surface area contributed by atoms with Crippen molar-refractivity contribution in [3.63, 3.8) is 0 Å². The summed E-state index contributed by atoms with van der Waals surface area (Å²) in [4.78, 5) is 9.54. The van der Waals surface area contributed by atoms with E-state index >= 15 is 0 Å². The summed E-state index contributed by atoms with van der Waals surface area (Å²) < 4.78 is -1.97. The summed E-state index contributed by atoms with van der Waals surface area (Å²) >= 11 is 14.8. The van der Waals surface area contributed by atoms with E-state index in [1.165, 1.54) is 5.32 Å². The number of carbonyl (C=O) groups is 1. The van der Waals surface area contributed by atoms with Gasteiger partial charge in [0.15, 0.2) is 0 Å². The molecule has 1 radical (unpaired) electrons. The fourth-order valence-electron chi connectivity index (χ4n) is 0.116. The molecule has 6 heteroatoms. The lowest BCUT2D eigenvalue weighted by molar-refractivity contribution is 0.168. The van der Waals surface area contributed by atoms with Gasteiger partial charge >= 0.3 is 6.09 Å². The van der Waals surface area contributed by atoms with Crippen LogP contribution in [0.3, 0.4) is 0 Å². The molecule has 0 atom stereocenters. The normalized spacial score (nSPS) is 10.9. The van der Waals surface area contributed by atoms with Gasteiger partial charge in [-0.25, -0.2) is 9.90 Å². The molecule has 47 valence electrons. The minimum absolute atomic E-state index is 1.48. The van der Waals surface area contributed by atoms with Crippen molar-refractivity contribution in [1.82, 2.24) is 5.32 Å². The lowest BCUT2D eigenvalue weighted by Crippen LogP contribution is -2.32. The van der Waals surface area contributed by atoms with Gasteiger partial charge in [-0.15, -0.1) is 0 Å². The predicted molar refractivity (Wildman–Crippen MR) is 29.5 cm³/mol. The van der Waals surface area contributed by atoms with Crippen LogP contribution >= 0.6 is 34.8 Å². The Morgan fingerprint density at radius 3 is 1.75 bits per heavy atom. The van der Waals surface area contributed by atoms with Crippen LogP contribution in [0.1, 0.15) is 0 Å². The number of rotatable bonds is 0. The van der Waals surface area contributed by atoms with Crippen molar-refractivity contribution in [1.29, 1.82) is 0 Å². The van der Waals surface area contributed by atoms with Crippen LogP contribution in [0.5, 0.6) is 0 Å². The first kappa shape index (κ1) is 8.14. The standard InChI is InChI=1S/C2HCl3NO2/c3-2(4,5)6-1(7)8/h6H. The quantitative estimate of drug-likeness (QED) is 0.442. The van der Waals surface area contributed by atoms with Gasteiger partial charge in [0.05, 0.1) is 0 Å². The topological polar surface area (TPSA) is 49.0 Å². The second-order valence-corrected chi connectivity index (χ2v) is 3.19. The zero-order chi connectivity index (χ0) is 6.78. The van der Waals surface area contributed by atoms with Gasteiger partial charge in [0, 0.05) is 0 Å². The average Bonchev–Trinajstić information content (AvgIpc) is 1.21. The SMILES string of the molecule is [O]C(=O)NC(Cl)(Cl)Cl. The summed E-state index contributed by atoms with van der Waals surface area (Å²) in [6.07, 6.45) is -1.62. The number of halogens is 3. The van der Waals surface area contributed by atoms with Crippen LogP contribution in [0, 0.1) is 0 Å². The summed E-state index contributed by atoms with van der Waals surface area (Å²) in [6, 6.07) is 0. The highest BCUT2D eigenvalue weighted by atomic mass is 35.6. The van der Waals surface area contributed by atoms with Crippen LogP contribution in [0.15, 0.2) is 0 Å². The highest BCUT2D eigenvalue weighted by Crippen LogP contribution is 2.21. The van der Waals surface area contributed by atoms with E-state index in [-0.39, 0.29) is 0 Å². The highest BCUT2D eigenvalue weighted by Gasteiger charge is 2.22. The van der Waals surface area contributed by atoms with E-state index in [0.717, 1.165) is 0 Å². The second kappa shape index (κ2) is 2.62. The molecular weight excluding hydrogens is 176 g/mol. The molecular formula is C2HCl3NO2. The van der Waals surface area contributed by atoms with Crippen molar-refractivity contribution in [3.8, 4) is 0 Å². The fourth-order valence-corrected chi connectivity index (χ4v) is 0.347. The van der Waals surface area contributed by atoms with Gasteiger partial charge in [-0.3, -0.25) is 5.32 Å². The summed E-state index contributed by atoms with van der Waals surface area (Å²) in [7, 11) is 0. The predicted octanol–water partition coefficient (Wildman–Crippen LogP) is 1.45. The molecule has 0 aliphatic rings. The first-order chi connectivity index (χ1) is 3.42. The minimum atomic E-state index is -1.97. The second-order valence-electron chi connectivity index (χ2n) is 0.910. The molecule has 0 saturated heterocycles. The van der Waals surface area contributed by atoms with Gasteiger partial charge in [-0.1, -0.05) is 34.8 Å². The molecule has 0 spiro atoms. The number of amides is 1. The smallest absolute Gasteiger partial charge is 0.274 e. The van der Waals surface area contributed by atoms with Gasteiger partial charge in [0.2, 0.25) is 0 Å². The Labute approximate surface area is 60.5 Å². The van der Waals surface area contributed by atoms with Gasteiger partial charge in [0.1, 0.15) is 0 Å². The van der Waals surface area contributed by atoms with E-state index in [4.69, 9.17) is 34.8 Å². The molecule has 1 N–H and O–H groups in total. The summed E-state index contributed by atoms with van der Waals surface area (Å²) in [6.45, 7) is 0. The molecule has 0 aromatic heterocycles. The first-order valence-corrected chi connectivity index (χ1v) is 2.61. The molecule has 0 aliphatic heterocycles. The summed E-state index contributed by atoms with van der Waals surface area (Å²) in [5, 5.41) is 11.0. The number of nitrogens with one attached hydrogen (secondary N) is 1. The molecule has 0 saturated carbocycles. The Morgan fingerprint density at radius 1 is 1.38 bits per heavy atom. The fraction of sp³-hybridized carbons (Fsp3) is 0.500. The van der Waals surface area contributed by atoms with Crippen molar-refractivity contribution in [2.24, 2.45) is 0 Å². The van der Waals surface area contributed by atoms with Crippen molar-refractivity contribution in [2.75, 3.05) is 0 Å². The summed E-state index contributed by atoms with van der Waals surface area (Å²) in [5.74, 6) is 0. The number of alkyl halides is 3. The Morgan fingerprint density at radius 2 is 1.75 bits per heavy atom. The first-order valence-electron chi connectivity index (χ1n) is 1.48. The molecule has 0 aromatic rings. The highest BCUT2D eigenvalue weighted by molar-refractivity contribution is 6.67. The third-order valence-electron chi connectivity index (χ3n) is 0.244. The molecule has 0 aliphatic carbocycles. The average molecular weight is 177 g/mol. The lowest BCUT2D eigenvalue weighted by atomic mass is 11.1. The van der Waals surface area contributed by atoms with E-state index < -0.39 is 10.0 Å². The van der Waals surface area contributed by atoms with Gasteiger partial charge in [0.25, 0.3) is 3.92 Å². The maximum absolute atomic E-state index is 9.54. The van der Waals surface area contributed by atoms with E-state index in [0.29, 0.717) is 0 Å². The molecule has 0 bridgehead atoms. The monoisotopic (exact) mass is 176 g/mol. The molecule has 0 unspecified atom stereocenters. The molecule has 3 nitrogen and oxygen atoms in total. The van der Waals surface area contributed by atoms with Crippen molar-refractivity contribution >= 4 is 40.9 Å². The van der Waals surface area contributed by atoms with Crippen molar-refractivity contribution in [3.05, 3.63) is 0 Å². The lowest BCUT2D eigenvalue weighted by Gasteiger charge is -2.06. The Hall–Kier alpha value is 0.140. The van der Waals surface area contributed by atoms with Crippen LogP contribution in [0.25, 0.3) is 0 Å². The third kappa shape index (κ3) is 6.14. The van der Waals surface area contributed by atoms with Crippen molar-refractivity contribution in [2.45, 2.75) is 3.92 Å². The van der Waals surface area contributed by atoms with E-state index in [2.05, 4.69) is 0 Å². The molecule has 8 heavy (non-hydrogen) atoms. The minimum Gasteiger partial charge on any atom is -0.274 e. The van der Waals surface area contributed by atoms with E-state index in [1.54, 1.807) is 0 Å². The van der Waals surface area contributed by atoms with Crippen LogP contribution < -0.4 is 5.32 Å². The summed E-state index contributed by atoms with van der Waals surface area (Å²) in [5.41, 5.74) is 0. The molecule has 1 amide bonds. The zero-order valence-electron chi connectivity index (χ0n) is 3.45. The van der Waals surface area contributed by atoms with Crippen LogP contribution in [0.4, 0.5) is 4.79 Å². The number of carbonyl (C=O) groups excluding carboxylic acids is 1. The molecule has 0 heterocycles. The van der Waals surface area contributed by atoms with E-state index in [9.17, 15) is 9.90 Å². The van der Waals surface area contributed by atoms with Crippen LogP contribution in [-0.2, 0) is 5.11 Å². The number of hydrogen-bond donors (Lipinski definition) is 1. The van der Waals surface area contributed by atoms with Crippen LogP contribution in [-0.4, -0.2) is 10.0 Å². The maximum Gasteiger partial charge on any atom is 0.453 e. The molecule has 0 fully saturated rings. The Kier molecular flexibility index (Phi) is 2.66. The van der Waals surface area contributed by atoms with Gasteiger partial charge < -0.3 is 0 Å². The molecule has 0 aromatic carbocycles. The molecule has 0 rings (SSSR count). The van der Waals surface area contributed by atoms with Gasteiger partial charge in [-0.2, -0.15) is 0 Å². The van der Waals surface area contributed by atoms with Gasteiger partial charge in [-0.05, 0) is 0 Å². The maximum atomic E-state index is 9.54. The largest absolute Gasteiger partial charge is 0.453 e. The zero-order valence-corrected chi connectivity index (χ0v) is 5.72. The Balaban J connectivity index is 3.55. The third-order valence-corrected chi connectivity index (χ3v) is 0.527.